The molecule has 27 heavy (non-hydrogen) atoms. The van der Waals surface area contributed by atoms with Crippen molar-refractivity contribution in [2.24, 2.45) is 7.05 Å². The van der Waals surface area contributed by atoms with Crippen molar-refractivity contribution in [3.05, 3.63) is 75.9 Å². The number of halogens is 1. The SMILES string of the molecule is Cn1nc(C(=O)Nc2ccc(Br)cc2C(=O)O)cc1OCc1ccccc1. The second-order valence-electron chi connectivity index (χ2n) is 5.71. The maximum atomic E-state index is 12.5. The second kappa shape index (κ2) is 8.05. The van der Waals surface area contributed by atoms with Crippen LogP contribution in [-0.4, -0.2) is 26.8 Å². The zero-order valence-electron chi connectivity index (χ0n) is 14.3. The first-order chi connectivity index (χ1) is 12.9. The number of carboxylic acids is 1. The lowest BCUT2D eigenvalue weighted by Crippen LogP contribution is -2.15. The molecule has 0 radical (unpaired) electrons. The fourth-order valence-corrected chi connectivity index (χ4v) is 2.78. The van der Waals surface area contributed by atoms with Gasteiger partial charge in [-0.1, -0.05) is 46.3 Å². The van der Waals surface area contributed by atoms with Crippen molar-refractivity contribution in [2.45, 2.75) is 6.61 Å². The van der Waals surface area contributed by atoms with Gasteiger partial charge in [-0.2, -0.15) is 5.10 Å². The monoisotopic (exact) mass is 429 g/mol. The predicted octanol–water partition coefficient (Wildman–Crippen LogP) is 3.71. The maximum Gasteiger partial charge on any atom is 0.337 e. The third-order valence-corrected chi connectivity index (χ3v) is 4.25. The molecule has 0 saturated carbocycles. The summed E-state index contributed by atoms with van der Waals surface area (Å²) in [5.41, 5.74) is 1.28. The lowest BCUT2D eigenvalue weighted by Gasteiger charge is -2.07. The summed E-state index contributed by atoms with van der Waals surface area (Å²) >= 11 is 3.22. The van der Waals surface area contributed by atoms with Gasteiger partial charge in [-0.3, -0.25) is 4.79 Å². The smallest absolute Gasteiger partial charge is 0.337 e. The molecule has 2 N–H and O–H groups in total. The Morgan fingerprint density at radius 2 is 1.93 bits per heavy atom. The van der Waals surface area contributed by atoms with Gasteiger partial charge in [0.1, 0.15) is 6.61 Å². The van der Waals surface area contributed by atoms with Crippen LogP contribution in [-0.2, 0) is 13.7 Å². The normalized spacial score (nSPS) is 10.4. The van der Waals surface area contributed by atoms with E-state index in [1.54, 1.807) is 13.1 Å². The van der Waals surface area contributed by atoms with Crippen molar-refractivity contribution in [1.82, 2.24) is 9.78 Å². The van der Waals surface area contributed by atoms with Gasteiger partial charge in [0.05, 0.1) is 11.3 Å². The highest BCUT2D eigenvalue weighted by Gasteiger charge is 2.17. The molecule has 1 amide bonds. The number of ether oxygens (including phenoxy) is 1. The number of rotatable bonds is 6. The van der Waals surface area contributed by atoms with Crippen molar-refractivity contribution in [1.29, 1.82) is 0 Å². The average Bonchev–Trinajstić information content (AvgIpc) is 3.03. The minimum Gasteiger partial charge on any atom is -0.478 e. The van der Waals surface area contributed by atoms with Crippen molar-refractivity contribution in [2.75, 3.05) is 5.32 Å². The van der Waals surface area contributed by atoms with Crippen LogP contribution in [0, 0.1) is 0 Å². The molecular weight excluding hydrogens is 414 g/mol. The molecule has 7 nitrogen and oxygen atoms in total. The Kier molecular flexibility index (Phi) is 5.56. The highest BCUT2D eigenvalue weighted by Crippen LogP contribution is 2.22. The molecule has 1 heterocycles. The Bertz CT molecular complexity index is 986. The van der Waals surface area contributed by atoms with E-state index in [1.807, 2.05) is 30.3 Å². The summed E-state index contributed by atoms with van der Waals surface area (Å²) in [6.45, 7) is 0.345. The number of nitrogens with one attached hydrogen (secondary N) is 1. The Hall–Kier alpha value is -3.13. The molecule has 2 aromatic carbocycles. The van der Waals surface area contributed by atoms with Crippen LogP contribution in [0.2, 0.25) is 0 Å². The van der Waals surface area contributed by atoms with E-state index in [4.69, 9.17) is 4.74 Å². The third kappa shape index (κ3) is 4.53. The minimum absolute atomic E-state index is 0.0193. The number of hydrogen-bond donors (Lipinski definition) is 2. The first-order valence-electron chi connectivity index (χ1n) is 7.99. The number of benzene rings is 2. The van der Waals surface area contributed by atoms with Gasteiger partial charge in [-0.05, 0) is 23.8 Å². The summed E-state index contributed by atoms with van der Waals surface area (Å²) < 4.78 is 7.76. The van der Waals surface area contributed by atoms with E-state index >= 15 is 0 Å². The number of carboxylic acid groups (broad SMARTS) is 1. The topological polar surface area (TPSA) is 93.5 Å². The first kappa shape index (κ1) is 18.7. The molecule has 0 atom stereocenters. The summed E-state index contributed by atoms with van der Waals surface area (Å²) in [6.07, 6.45) is 0. The largest absolute Gasteiger partial charge is 0.478 e. The molecule has 0 aliphatic heterocycles. The number of aromatic carboxylic acids is 1. The molecule has 0 saturated heterocycles. The molecule has 3 aromatic rings. The van der Waals surface area contributed by atoms with Crippen LogP contribution >= 0.6 is 15.9 Å². The first-order valence-corrected chi connectivity index (χ1v) is 8.78. The molecule has 0 bridgehead atoms. The molecule has 1 aromatic heterocycles. The summed E-state index contributed by atoms with van der Waals surface area (Å²) in [5.74, 6) is -1.23. The lowest BCUT2D eigenvalue weighted by atomic mass is 10.2. The van der Waals surface area contributed by atoms with Gasteiger partial charge >= 0.3 is 5.97 Å². The Morgan fingerprint density at radius 3 is 2.63 bits per heavy atom. The van der Waals surface area contributed by atoms with Gasteiger partial charge < -0.3 is 15.2 Å². The van der Waals surface area contributed by atoms with Gasteiger partial charge in [0.2, 0.25) is 5.88 Å². The van der Waals surface area contributed by atoms with Gasteiger partial charge in [0.25, 0.3) is 5.91 Å². The van der Waals surface area contributed by atoms with Crippen LogP contribution in [0.15, 0.2) is 59.1 Å². The van der Waals surface area contributed by atoms with E-state index in [-0.39, 0.29) is 16.9 Å². The fourth-order valence-electron chi connectivity index (χ4n) is 2.42. The van der Waals surface area contributed by atoms with Gasteiger partial charge in [0.15, 0.2) is 5.69 Å². The molecule has 3 rings (SSSR count). The van der Waals surface area contributed by atoms with Crippen molar-refractivity contribution in [3.63, 3.8) is 0 Å². The molecule has 0 spiro atoms. The number of aromatic nitrogens is 2. The minimum atomic E-state index is -1.14. The van der Waals surface area contributed by atoms with E-state index in [9.17, 15) is 14.7 Å². The van der Waals surface area contributed by atoms with Crippen LogP contribution in [0.3, 0.4) is 0 Å². The van der Waals surface area contributed by atoms with E-state index < -0.39 is 11.9 Å². The quantitative estimate of drug-likeness (QED) is 0.622. The van der Waals surface area contributed by atoms with Gasteiger partial charge in [-0.25, -0.2) is 9.48 Å². The zero-order chi connectivity index (χ0) is 19.4. The van der Waals surface area contributed by atoms with E-state index in [0.29, 0.717) is 17.0 Å². The maximum absolute atomic E-state index is 12.5. The van der Waals surface area contributed by atoms with Crippen LogP contribution in [0.4, 0.5) is 5.69 Å². The fraction of sp³-hybridized carbons (Fsp3) is 0.105. The van der Waals surface area contributed by atoms with Gasteiger partial charge in [-0.15, -0.1) is 0 Å². The molecule has 0 fully saturated rings. The summed E-state index contributed by atoms with van der Waals surface area (Å²) in [4.78, 5) is 23.8. The van der Waals surface area contributed by atoms with E-state index in [1.165, 1.54) is 22.9 Å². The lowest BCUT2D eigenvalue weighted by molar-refractivity contribution is 0.0698. The number of nitrogens with zero attached hydrogens (tertiary/aromatic N) is 2. The zero-order valence-corrected chi connectivity index (χ0v) is 15.9. The standard InChI is InChI=1S/C19H16BrN3O4/c1-23-17(27-11-12-5-3-2-4-6-12)10-16(22-23)18(24)21-15-8-7-13(20)9-14(15)19(25)26/h2-10H,11H2,1H3,(H,21,24)(H,25,26). The Labute approximate surface area is 163 Å². The molecular formula is C19H16BrN3O4. The van der Waals surface area contributed by atoms with Crippen LogP contribution in [0.1, 0.15) is 26.4 Å². The Balaban J connectivity index is 1.74. The third-order valence-electron chi connectivity index (χ3n) is 3.76. The highest BCUT2D eigenvalue weighted by molar-refractivity contribution is 9.10. The predicted molar refractivity (Wildman–Crippen MR) is 103 cm³/mol. The Morgan fingerprint density at radius 1 is 1.19 bits per heavy atom. The number of aryl methyl sites for hydroxylation is 1. The van der Waals surface area contributed by atoms with Crippen molar-refractivity contribution < 1.29 is 19.4 Å². The summed E-state index contributed by atoms with van der Waals surface area (Å²) in [5, 5.41) is 16.0. The van der Waals surface area contributed by atoms with Gasteiger partial charge in [0, 0.05) is 17.6 Å². The van der Waals surface area contributed by atoms with E-state index in [0.717, 1.165) is 5.56 Å². The number of carbonyl (C=O) groups excluding carboxylic acids is 1. The van der Waals surface area contributed by atoms with Crippen molar-refractivity contribution in [3.8, 4) is 5.88 Å². The molecule has 8 heteroatoms. The van der Waals surface area contributed by atoms with Crippen molar-refractivity contribution >= 4 is 33.5 Å². The summed E-state index contributed by atoms with van der Waals surface area (Å²) in [7, 11) is 1.67. The summed E-state index contributed by atoms with van der Waals surface area (Å²) in [6, 6.07) is 15.7. The van der Waals surface area contributed by atoms with E-state index in [2.05, 4.69) is 26.3 Å². The highest BCUT2D eigenvalue weighted by atomic mass is 79.9. The molecule has 0 unspecified atom stereocenters. The van der Waals surface area contributed by atoms with Crippen LogP contribution < -0.4 is 10.1 Å². The second-order valence-corrected chi connectivity index (χ2v) is 6.63. The number of carbonyl (C=O) groups is 2. The number of anilines is 1. The van der Waals surface area contributed by atoms with Crippen LogP contribution in [0.25, 0.3) is 0 Å². The average molecular weight is 430 g/mol. The molecule has 138 valence electrons. The number of hydrogen-bond acceptors (Lipinski definition) is 4. The molecule has 0 aliphatic rings. The van der Waals surface area contributed by atoms with Crippen LogP contribution in [0.5, 0.6) is 5.88 Å². The number of amides is 1. The molecule has 0 aliphatic carbocycles.